The van der Waals surface area contributed by atoms with Crippen LogP contribution in [0.2, 0.25) is 0 Å². The van der Waals surface area contributed by atoms with Crippen molar-refractivity contribution in [3.63, 3.8) is 0 Å². The number of unbranched alkanes of at least 4 members (excludes halogenated alkanes) is 2. The quantitative estimate of drug-likeness (QED) is 0.553. The highest BCUT2D eigenvalue weighted by Crippen LogP contribution is 1.86. The Morgan fingerprint density at radius 2 is 1.50 bits per heavy atom. The van der Waals surface area contributed by atoms with Gasteiger partial charge in [-0.2, -0.15) is 0 Å². The SMILES string of the molecule is CC[CH]CC.[Cl][Mg][Cl]. The van der Waals surface area contributed by atoms with Gasteiger partial charge in [0.2, 0.25) is 0 Å². The molecule has 0 N–H and O–H groups in total. The molecule has 0 aromatic carbocycles. The molecule has 47 valence electrons. The molecule has 0 amide bonds. The van der Waals surface area contributed by atoms with E-state index in [1.54, 1.807) is 0 Å². The van der Waals surface area contributed by atoms with Crippen molar-refractivity contribution in [2.75, 3.05) is 0 Å². The second-order valence-corrected chi connectivity index (χ2v) is 3.83. The Labute approximate surface area is 69.2 Å². The number of hydrogen-bond donors (Lipinski definition) is 0. The minimum atomic E-state index is -0.639. The topological polar surface area (TPSA) is 0 Å². The van der Waals surface area contributed by atoms with Crippen LogP contribution in [0.3, 0.4) is 0 Å². The number of rotatable bonds is 2. The summed E-state index contributed by atoms with van der Waals surface area (Å²) in [5.74, 6) is 0. The summed E-state index contributed by atoms with van der Waals surface area (Å²) >= 11 is -0.639. The fourth-order valence-corrected chi connectivity index (χ4v) is 0.289. The summed E-state index contributed by atoms with van der Waals surface area (Å²) in [7, 11) is 9.81. The van der Waals surface area contributed by atoms with Crippen molar-refractivity contribution < 1.29 is 0 Å². The smallest absolute Gasteiger partial charge is 0.309 e. The van der Waals surface area contributed by atoms with Crippen LogP contribution >= 0.6 is 18.1 Å². The van der Waals surface area contributed by atoms with Crippen LogP contribution in [-0.4, -0.2) is 18.2 Å². The minimum absolute atomic E-state index is 0.639. The molecule has 0 heterocycles. The van der Waals surface area contributed by atoms with E-state index in [-0.39, 0.29) is 0 Å². The zero-order valence-corrected chi connectivity index (χ0v) is 8.38. The number of halogens is 2. The molecule has 0 bridgehead atoms. The average Bonchev–Trinajstić information content (AvgIpc) is 1.71. The predicted octanol–water partition coefficient (Wildman–Crippen LogP) is 3.01. The standard InChI is InChI=1S/C5H11.2ClH.Mg/c1-3-5-4-2;;;/h5H,3-4H2,1-2H3;2*1H;/q;;;+2/p-2. The highest BCUT2D eigenvalue weighted by molar-refractivity contribution is 7.22. The van der Waals surface area contributed by atoms with Crippen LogP contribution in [0.25, 0.3) is 0 Å². The Hall–Kier alpha value is 1.35. The van der Waals surface area contributed by atoms with Gasteiger partial charge < -0.3 is 18.1 Å². The van der Waals surface area contributed by atoms with Gasteiger partial charge in [0.25, 0.3) is 0 Å². The molecule has 0 aromatic heterocycles. The molecule has 8 heavy (non-hydrogen) atoms. The van der Waals surface area contributed by atoms with Crippen LogP contribution < -0.4 is 0 Å². The molecule has 0 saturated heterocycles. The van der Waals surface area contributed by atoms with E-state index in [0.29, 0.717) is 0 Å². The van der Waals surface area contributed by atoms with E-state index in [2.05, 4.69) is 20.3 Å². The first-order valence-electron chi connectivity index (χ1n) is 2.77. The second-order valence-electron chi connectivity index (χ2n) is 1.21. The maximum absolute atomic E-state index is 4.90. The van der Waals surface area contributed by atoms with Gasteiger partial charge in [0, 0.05) is 0 Å². The van der Waals surface area contributed by atoms with Crippen molar-refractivity contribution in [3.05, 3.63) is 6.42 Å². The summed E-state index contributed by atoms with van der Waals surface area (Å²) in [6, 6.07) is 0. The van der Waals surface area contributed by atoms with Gasteiger partial charge in [-0.1, -0.05) is 26.7 Å². The van der Waals surface area contributed by atoms with E-state index in [4.69, 9.17) is 18.1 Å². The van der Waals surface area contributed by atoms with Crippen molar-refractivity contribution in [1.29, 1.82) is 0 Å². The fraction of sp³-hybridized carbons (Fsp3) is 0.800. The molecule has 0 saturated carbocycles. The molecule has 0 rings (SSSR count). The Kier molecular flexibility index (Phi) is 23.8. The van der Waals surface area contributed by atoms with E-state index < -0.39 is 18.2 Å². The van der Waals surface area contributed by atoms with Crippen molar-refractivity contribution in [1.82, 2.24) is 0 Å². The Morgan fingerprint density at radius 3 is 1.50 bits per heavy atom. The summed E-state index contributed by atoms with van der Waals surface area (Å²) in [5.41, 5.74) is 0. The summed E-state index contributed by atoms with van der Waals surface area (Å²) in [6.07, 6.45) is 4.69. The first kappa shape index (κ1) is 12.1. The van der Waals surface area contributed by atoms with Gasteiger partial charge in [0.05, 0.1) is 0 Å². The van der Waals surface area contributed by atoms with Gasteiger partial charge in [0.15, 0.2) is 0 Å². The van der Waals surface area contributed by atoms with Crippen LogP contribution in [0.1, 0.15) is 26.7 Å². The largest absolute Gasteiger partial charge is 0.618 e. The van der Waals surface area contributed by atoms with Crippen molar-refractivity contribution >= 4 is 36.3 Å². The van der Waals surface area contributed by atoms with E-state index in [1.807, 2.05) is 0 Å². The van der Waals surface area contributed by atoms with E-state index in [9.17, 15) is 0 Å². The van der Waals surface area contributed by atoms with E-state index in [1.165, 1.54) is 12.8 Å². The fourth-order valence-electron chi connectivity index (χ4n) is 0.289. The van der Waals surface area contributed by atoms with Gasteiger partial charge in [-0.25, -0.2) is 0 Å². The zero-order valence-electron chi connectivity index (χ0n) is 5.45. The molecular weight excluding hydrogens is 155 g/mol. The van der Waals surface area contributed by atoms with Crippen LogP contribution in [0, 0.1) is 6.42 Å². The summed E-state index contributed by atoms with van der Waals surface area (Å²) < 4.78 is 0. The molecular formula is C5H11Cl2Mg. The van der Waals surface area contributed by atoms with Crippen LogP contribution in [0.15, 0.2) is 0 Å². The minimum Gasteiger partial charge on any atom is -0.309 e. The molecule has 3 heteroatoms. The molecule has 0 aliphatic rings. The van der Waals surface area contributed by atoms with Crippen LogP contribution in [0.4, 0.5) is 0 Å². The van der Waals surface area contributed by atoms with Gasteiger partial charge >= 0.3 is 18.2 Å². The van der Waals surface area contributed by atoms with Crippen molar-refractivity contribution in [3.8, 4) is 0 Å². The van der Waals surface area contributed by atoms with Crippen LogP contribution in [-0.2, 0) is 0 Å². The first-order chi connectivity index (χ1) is 3.83. The van der Waals surface area contributed by atoms with Gasteiger partial charge in [-0.15, -0.1) is 0 Å². The predicted molar refractivity (Wildman–Crippen MR) is 42.3 cm³/mol. The molecule has 0 spiro atoms. The molecule has 0 atom stereocenters. The molecule has 0 aromatic rings. The summed E-state index contributed by atoms with van der Waals surface area (Å²) in [5, 5.41) is 0. The van der Waals surface area contributed by atoms with E-state index >= 15 is 0 Å². The second kappa shape index (κ2) is 15.8. The third-order valence-corrected chi connectivity index (χ3v) is 0.577. The lowest BCUT2D eigenvalue weighted by Gasteiger charge is -1.78. The lowest BCUT2D eigenvalue weighted by atomic mass is 10.3. The third-order valence-electron chi connectivity index (χ3n) is 0.577. The maximum atomic E-state index is 4.90. The monoisotopic (exact) mass is 165 g/mol. The summed E-state index contributed by atoms with van der Waals surface area (Å²) in [6.45, 7) is 4.31. The zero-order chi connectivity index (χ0) is 6.83. The molecule has 0 aliphatic carbocycles. The highest BCUT2D eigenvalue weighted by Gasteiger charge is 1.68. The van der Waals surface area contributed by atoms with Gasteiger partial charge in [-0.05, 0) is 6.42 Å². The maximum Gasteiger partial charge on any atom is 0.618 e. The normalized spacial score (nSPS) is 6.50. The van der Waals surface area contributed by atoms with Crippen molar-refractivity contribution in [2.45, 2.75) is 26.7 Å². The Morgan fingerprint density at radius 1 is 1.25 bits per heavy atom. The lowest BCUT2D eigenvalue weighted by molar-refractivity contribution is 0.971. The first-order valence-corrected chi connectivity index (χ1v) is 7.04. The number of hydrogen-bond acceptors (Lipinski definition) is 0. The molecule has 0 fully saturated rings. The molecule has 0 aliphatic heterocycles. The van der Waals surface area contributed by atoms with E-state index in [0.717, 1.165) is 0 Å². The third kappa shape index (κ3) is 26.4. The van der Waals surface area contributed by atoms with Gasteiger partial charge in [-0.3, -0.25) is 0 Å². The average molecular weight is 166 g/mol. The van der Waals surface area contributed by atoms with Crippen molar-refractivity contribution in [2.24, 2.45) is 0 Å². The Balaban J connectivity index is 0. The highest BCUT2D eigenvalue weighted by atomic mass is 35.6. The molecule has 1 radical (unpaired) electrons. The van der Waals surface area contributed by atoms with Gasteiger partial charge in [0.1, 0.15) is 0 Å². The Bertz CT molecular complexity index is 24.4. The summed E-state index contributed by atoms with van der Waals surface area (Å²) in [4.78, 5) is 0. The lowest BCUT2D eigenvalue weighted by Crippen LogP contribution is -1.61. The van der Waals surface area contributed by atoms with Crippen LogP contribution in [0.5, 0.6) is 0 Å². The molecule has 0 unspecified atom stereocenters. The molecule has 0 nitrogen and oxygen atoms in total.